The Balaban J connectivity index is 2.98. The summed E-state index contributed by atoms with van der Waals surface area (Å²) in [7, 11) is 0. The second kappa shape index (κ2) is 16.7. The normalized spacial score (nSPS) is 11.4. The molecule has 0 N–H and O–H groups in total. The highest BCUT2D eigenvalue weighted by Gasteiger charge is 1.91. The van der Waals surface area contributed by atoms with E-state index in [2.05, 4.69) is 19.1 Å². The van der Waals surface area contributed by atoms with E-state index in [4.69, 9.17) is 0 Å². The van der Waals surface area contributed by atoms with Crippen molar-refractivity contribution in [2.24, 2.45) is 0 Å². The molecule has 0 saturated carbocycles. The Hall–Kier alpha value is -0.300. The highest BCUT2D eigenvalue weighted by Crippen LogP contribution is 2.10. The van der Waals surface area contributed by atoms with Crippen LogP contribution in [0.3, 0.4) is 0 Å². The summed E-state index contributed by atoms with van der Waals surface area (Å²) in [5, 5.41) is 10.2. The smallest absolute Gasteiger partial charge is 0.0822 e. The highest BCUT2D eigenvalue weighted by molar-refractivity contribution is 4.81. The van der Waals surface area contributed by atoms with Crippen LogP contribution < -0.4 is 0 Å². The molecule has 0 bridgehead atoms. The summed E-state index contributed by atoms with van der Waals surface area (Å²) in [6.07, 6.45) is 21.4. The van der Waals surface area contributed by atoms with Gasteiger partial charge >= 0.3 is 0 Å². The summed E-state index contributed by atoms with van der Waals surface area (Å²) in [6.45, 7) is 2.37. The maximum Gasteiger partial charge on any atom is 0.0822 e. The van der Waals surface area contributed by atoms with Gasteiger partial charge in [-0.2, -0.15) is 0 Å². The van der Waals surface area contributed by atoms with Gasteiger partial charge in [-0.15, -0.1) is 0 Å². The minimum Gasteiger partial charge on any atom is -0.237 e. The molecule has 0 amide bonds. The van der Waals surface area contributed by atoms with E-state index in [-0.39, 0.29) is 6.61 Å². The standard InChI is InChI=1S/C17H33O/c1-2-3-4-5-6-7-8-9-10-11-12-13-14-15-16-17-18/h6-7H,2-5,8-17H2,1H3/b7-6+. The molecule has 1 radical (unpaired) electrons. The van der Waals surface area contributed by atoms with Gasteiger partial charge in [0.1, 0.15) is 0 Å². The van der Waals surface area contributed by atoms with Crippen LogP contribution in [0.4, 0.5) is 0 Å². The first-order valence-electron chi connectivity index (χ1n) is 8.15. The summed E-state index contributed by atoms with van der Waals surface area (Å²) in [6, 6.07) is 0. The van der Waals surface area contributed by atoms with Crippen molar-refractivity contribution >= 4 is 0 Å². The third-order valence-corrected chi connectivity index (χ3v) is 3.41. The minimum atomic E-state index is 0.116. The zero-order chi connectivity index (χ0) is 13.3. The Bertz CT molecular complexity index is 163. The molecule has 107 valence electrons. The first-order chi connectivity index (χ1) is 8.91. The monoisotopic (exact) mass is 253 g/mol. The molecule has 0 aromatic carbocycles. The maximum atomic E-state index is 10.2. The third kappa shape index (κ3) is 15.7. The number of allylic oxidation sites excluding steroid dienone is 2. The molecule has 0 spiro atoms. The zero-order valence-corrected chi connectivity index (χ0v) is 12.5. The summed E-state index contributed by atoms with van der Waals surface area (Å²) in [5.41, 5.74) is 0. The average molecular weight is 253 g/mol. The molecule has 0 atom stereocenters. The number of rotatable bonds is 14. The van der Waals surface area contributed by atoms with E-state index in [1.54, 1.807) is 0 Å². The van der Waals surface area contributed by atoms with Gasteiger partial charge in [0.05, 0.1) is 6.61 Å². The average Bonchev–Trinajstić information content (AvgIpc) is 2.39. The quantitative estimate of drug-likeness (QED) is 0.265. The Morgan fingerprint density at radius 1 is 0.611 bits per heavy atom. The molecule has 0 aliphatic heterocycles. The summed E-state index contributed by atoms with van der Waals surface area (Å²) in [5.74, 6) is 0. The molecule has 0 unspecified atom stereocenters. The molecule has 0 rings (SSSR count). The van der Waals surface area contributed by atoms with Gasteiger partial charge in [0.2, 0.25) is 0 Å². The van der Waals surface area contributed by atoms with Crippen LogP contribution in [0.5, 0.6) is 0 Å². The van der Waals surface area contributed by atoms with Crippen LogP contribution >= 0.6 is 0 Å². The Morgan fingerprint density at radius 3 is 1.56 bits per heavy atom. The van der Waals surface area contributed by atoms with E-state index in [0.29, 0.717) is 0 Å². The Morgan fingerprint density at radius 2 is 1.06 bits per heavy atom. The summed E-state index contributed by atoms with van der Waals surface area (Å²) in [4.78, 5) is 0. The third-order valence-electron chi connectivity index (χ3n) is 3.41. The molecule has 1 heteroatoms. The van der Waals surface area contributed by atoms with Crippen molar-refractivity contribution in [2.45, 2.75) is 90.4 Å². The lowest BCUT2D eigenvalue weighted by atomic mass is 10.1. The Kier molecular flexibility index (Phi) is 16.4. The van der Waals surface area contributed by atoms with Crippen molar-refractivity contribution in [2.75, 3.05) is 6.61 Å². The van der Waals surface area contributed by atoms with Crippen LogP contribution in [0.25, 0.3) is 0 Å². The fourth-order valence-corrected chi connectivity index (χ4v) is 2.17. The van der Waals surface area contributed by atoms with Crippen molar-refractivity contribution in [3.63, 3.8) is 0 Å². The van der Waals surface area contributed by atoms with Crippen LogP contribution in [0.15, 0.2) is 12.2 Å². The molecule has 0 heterocycles. The molecule has 0 aliphatic rings. The number of unbranched alkanes of at least 4 members (excludes halogenated alkanes) is 11. The van der Waals surface area contributed by atoms with Gasteiger partial charge in [-0.05, 0) is 32.1 Å². The van der Waals surface area contributed by atoms with Crippen LogP contribution in [-0.4, -0.2) is 6.61 Å². The highest BCUT2D eigenvalue weighted by atomic mass is 16.2. The van der Waals surface area contributed by atoms with Crippen LogP contribution in [-0.2, 0) is 5.11 Å². The van der Waals surface area contributed by atoms with Crippen molar-refractivity contribution in [3.8, 4) is 0 Å². The largest absolute Gasteiger partial charge is 0.237 e. The van der Waals surface area contributed by atoms with E-state index >= 15 is 0 Å². The van der Waals surface area contributed by atoms with Crippen molar-refractivity contribution in [1.82, 2.24) is 0 Å². The van der Waals surface area contributed by atoms with Gasteiger partial charge in [-0.3, -0.25) is 0 Å². The predicted octanol–water partition coefficient (Wildman–Crippen LogP) is 6.06. The van der Waals surface area contributed by atoms with Gasteiger partial charge in [0, 0.05) is 0 Å². The molecule has 0 aromatic rings. The lowest BCUT2D eigenvalue weighted by Crippen LogP contribution is -1.83. The molecule has 0 aliphatic carbocycles. The molecule has 0 fully saturated rings. The fourth-order valence-electron chi connectivity index (χ4n) is 2.17. The van der Waals surface area contributed by atoms with Gasteiger partial charge in [0.15, 0.2) is 0 Å². The minimum absolute atomic E-state index is 0.116. The second-order valence-corrected chi connectivity index (χ2v) is 5.29. The number of hydrogen-bond donors (Lipinski definition) is 0. The van der Waals surface area contributed by atoms with E-state index < -0.39 is 0 Å². The Labute approximate surface area is 115 Å². The maximum absolute atomic E-state index is 10.2. The molecule has 0 saturated heterocycles. The molecule has 1 nitrogen and oxygen atoms in total. The summed E-state index contributed by atoms with van der Waals surface area (Å²) < 4.78 is 0. The van der Waals surface area contributed by atoms with Gasteiger partial charge in [-0.25, -0.2) is 5.11 Å². The van der Waals surface area contributed by atoms with Crippen molar-refractivity contribution in [1.29, 1.82) is 0 Å². The van der Waals surface area contributed by atoms with E-state index in [0.717, 1.165) is 12.8 Å². The van der Waals surface area contributed by atoms with E-state index in [1.807, 2.05) is 0 Å². The molecular formula is C17H33O. The summed E-state index contributed by atoms with van der Waals surface area (Å²) >= 11 is 0. The van der Waals surface area contributed by atoms with Crippen molar-refractivity contribution < 1.29 is 5.11 Å². The van der Waals surface area contributed by atoms with Crippen molar-refractivity contribution in [3.05, 3.63) is 12.2 Å². The van der Waals surface area contributed by atoms with E-state index in [1.165, 1.54) is 70.6 Å². The zero-order valence-electron chi connectivity index (χ0n) is 12.5. The lowest BCUT2D eigenvalue weighted by molar-refractivity contribution is 0.186. The van der Waals surface area contributed by atoms with Crippen LogP contribution in [0, 0.1) is 0 Å². The fraction of sp³-hybridized carbons (Fsp3) is 0.882. The van der Waals surface area contributed by atoms with Gasteiger partial charge in [0.25, 0.3) is 0 Å². The van der Waals surface area contributed by atoms with E-state index in [9.17, 15) is 5.11 Å². The topological polar surface area (TPSA) is 19.9 Å². The predicted molar refractivity (Wildman–Crippen MR) is 80.4 cm³/mol. The second-order valence-electron chi connectivity index (χ2n) is 5.29. The lowest BCUT2D eigenvalue weighted by Gasteiger charge is -2.00. The van der Waals surface area contributed by atoms with Gasteiger partial charge < -0.3 is 0 Å². The van der Waals surface area contributed by atoms with Crippen LogP contribution in [0.2, 0.25) is 0 Å². The molecular weight excluding hydrogens is 220 g/mol. The molecule has 0 aromatic heterocycles. The number of hydrogen-bond acceptors (Lipinski definition) is 0. The first kappa shape index (κ1) is 17.7. The first-order valence-corrected chi connectivity index (χ1v) is 8.15. The molecule has 18 heavy (non-hydrogen) atoms. The van der Waals surface area contributed by atoms with Crippen LogP contribution in [0.1, 0.15) is 90.4 Å². The SMILES string of the molecule is CCCCC/C=C/CCCCCCCCCC[O]. The van der Waals surface area contributed by atoms with Gasteiger partial charge in [-0.1, -0.05) is 70.4 Å².